The van der Waals surface area contributed by atoms with Crippen LogP contribution in [0.1, 0.15) is 5.56 Å². The monoisotopic (exact) mass is 424 g/mol. The summed E-state index contributed by atoms with van der Waals surface area (Å²) in [6.07, 6.45) is 0. The molecule has 1 aliphatic heterocycles. The van der Waals surface area contributed by atoms with Crippen molar-refractivity contribution in [2.24, 2.45) is 0 Å². The molecule has 0 radical (unpaired) electrons. The highest BCUT2D eigenvalue weighted by Gasteiger charge is 2.19. The number of hydrogen-bond donors (Lipinski definition) is 1. The van der Waals surface area contributed by atoms with E-state index in [1.165, 1.54) is 12.1 Å². The molecule has 0 spiro atoms. The van der Waals surface area contributed by atoms with Crippen LogP contribution < -0.4 is 5.32 Å². The number of nitrogens with zero attached hydrogens (tertiary/aromatic N) is 3. The van der Waals surface area contributed by atoms with E-state index in [0.717, 1.165) is 38.3 Å². The van der Waals surface area contributed by atoms with Crippen LogP contribution in [0.3, 0.4) is 0 Å². The first-order chi connectivity index (χ1) is 12.9. The highest BCUT2D eigenvalue weighted by atomic mass is 35.5. The maximum absolute atomic E-state index is 10.9. The summed E-state index contributed by atoms with van der Waals surface area (Å²) in [6.45, 7) is 4.08. The van der Waals surface area contributed by atoms with Gasteiger partial charge in [0.1, 0.15) is 0 Å². The summed E-state index contributed by atoms with van der Waals surface area (Å²) in [6, 6.07) is 12.0. The van der Waals surface area contributed by atoms with Gasteiger partial charge in [-0.05, 0) is 36.0 Å². The Kier molecular flexibility index (Phi) is 6.49. The highest BCUT2D eigenvalue weighted by molar-refractivity contribution is 7.80. The van der Waals surface area contributed by atoms with Crippen molar-refractivity contribution in [2.75, 3.05) is 31.5 Å². The molecule has 1 aliphatic rings. The van der Waals surface area contributed by atoms with Gasteiger partial charge in [-0.1, -0.05) is 35.3 Å². The lowest BCUT2D eigenvalue weighted by Crippen LogP contribution is -2.49. The molecule has 2 aromatic carbocycles. The number of halogens is 2. The summed E-state index contributed by atoms with van der Waals surface area (Å²) < 4.78 is 0. The van der Waals surface area contributed by atoms with E-state index in [0.29, 0.717) is 20.8 Å². The quantitative estimate of drug-likeness (QED) is 0.445. The number of non-ortho nitro benzene ring substituents is 1. The Balaban J connectivity index is 1.52. The number of hydrogen-bond acceptors (Lipinski definition) is 4. The topological polar surface area (TPSA) is 61.7 Å². The van der Waals surface area contributed by atoms with Crippen LogP contribution in [0.15, 0.2) is 42.5 Å². The van der Waals surface area contributed by atoms with Crippen molar-refractivity contribution in [1.82, 2.24) is 9.80 Å². The maximum Gasteiger partial charge on any atom is 0.271 e. The molecule has 3 rings (SSSR count). The van der Waals surface area contributed by atoms with Crippen molar-refractivity contribution in [3.05, 3.63) is 68.2 Å². The first kappa shape index (κ1) is 19.8. The second-order valence-electron chi connectivity index (χ2n) is 6.25. The molecule has 0 atom stereocenters. The Labute approximate surface area is 172 Å². The molecule has 0 aromatic heterocycles. The SMILES string of the molecule is O=[N+]([O-])c1cccc(NC(=S)N2CCN(Cc3ccc(Cl)c(Cl)c3)CC2)c1. The third kappa shape index (κ3) is 5.29. The number of anilines is 1. The Hall–Kier alpha value is -1.93. The second kappa shape index (κ2) is 8.84. The van der Waals surface area contributed by atoms with E-state index in [1.54, 1.807) is 12.1 Å². The number of thiocarbonyl (C=S) groups is 1. The van der Waals surface area contributed by atoms with E-state index in [4.69, 9.17) is 35.4 Å². The average Bonchev–Trinajstić information content (AvgIpc) is 2.65. The number of piperazine rings is 1. The third-order valence-corrected chi connectivity index (χ3v) is 5.46. The van der Waals surface area contributed by atoms with Crippen molar-refractivity contribution in [1.29, 1.82) is 0 Å². The van der Waals surface area contributed by atoms with Gasteiger partial charge in [0.05, 0.1) is 15.0 Å². The number of nitro groups is 1. The fourth-order valence-electron chi connectivity index (χ4n) is 2.91. The summed E-state index contributed by atoms with van der Waals surface area (Å²) in [5, 5.41) is 15.7. The minimum absolute atomic E-state index is 0.0363. The molecule has 1 saturated heterocycles. The van der Waals surface area contributed by atoms with Crippen LogP contribution in [-0.2, 0) is 6.54 Å². The molecule has 1 fully saturated rings. The number of nitro benzene ring substituents is 1. The number of benzene rings is 2. The minimum atomic E-state index is -0.421. The molecule has 0 unspecified atom stereocenters. The molecular formula is C18H18Cl2N4O2S. The van der Waals surface area contributed by atoms with E-state index >= 15 is 0 Å². The molecular weight excluding hydrogens is 407 g/mol. The molecule has 0 amide bonds. The standard InChI is InChI=1S/C18H18Cl2N4O2S/c19-16-5-4-13(10-17(16)20)12-22-6-8-23(9-7-22)18(27)21-14-2-1-3-15(11-14)24(25)26/h1-5,10-11H,6-9,12H2,(H,21,27). The lowest BCUT2D eigenvalue weighted by molar-refractivity contribution is -0.384. The molecule has 6 nitrogen and oxygen atoms in total. The van der Waals surface area contributed by atoms with Gasteiger partial charge in [-0.2, -0.15) is 0 Å². The van der Waals surface area contributed by atoms with E-state index in [1.807, 2.05) is 18.2 Å². The van der Waals surface area contributed by atoms with Crippen LogP contribution in [-0.4, -0.2) is 46.0 Å². The third-order valence-electron chi connectivity index (χ3n) is 4.36. The molecule has 1 heterocycles. The normalized spacial score (nSPS) is 14.8. The molecule has 27 heavy (non-hydrogen) atoms. The van der Waals surface area contributed by atoms with Crippen molar-refractivity contribution in [2.45, 2.75) is 6.54 Å². The van der Waals surface area contributed by atoms with Gasteiger partial charge in [0.15, 0.2) is 5.11 Å². The first-order valence-corrected chi connectivity index (χ1v) is 9.55. The van der Waals surface area contributed by atoms with Crippen molar-refractivity contribution in [3.8, 4) is 0 Å². The van der Waals surface area contributed by atoms with Crippen LogP contribution >= 0.6 is 35.4 Å². The van der Waals surface area contributed by atoms with Gasteiger partial charge in [0.2, 0.25) is 0 Å². The minimum Gasteiger partial charge on any atom is -0.346 e. The van der Waals surface area contributed by atoms with Crippen molar-refractivity contribution in [3.63, 3.8) is 0 Å². The van der Waals surface area contributed by atoms with E-state index in [9.17, 15) is 10.1 Å². The van der Waals surface area contributed by atoms with E-state index in [-0.39, 0.29) is 5.69 Å². The smallest absolute Gasteiger partial charge is 0.271 e. The first-order valence-electron chi connectivity index (χ1n) is 8.39. The summed E-state index contributed by atoms with van der Waals surface area (Å²) in [5.41, 5.74) is 1.77. The van der Waals surface area contributed by atoms with Crippen LogP contribution in [0.25, 0.3) is 0 Å². The van der Waals surface area contributed by atoms with Crippen LogP contribution in [0.5, 0.6) is 0 Å². The zero-order chi connectivity index (χ0) is 19.4. The fraction of sp³-hybridized carbons (Fsp3) is 0.278. The molecule has 1 N–H and O–H groups in total. The molecule has 142 valence electrons. The molecule has 2 aromatic rings. The Bertz CT molecular complexity index is 857. The Morgan fingerprint density at radius 2 is 1.85 bits per heavy atom. The van der Waals surface area contributed by atoms with Crippen molar-refractivity contribution >= 4 is 51.9 Å². The van der Waals surface area contributed by atoms with Gasteiger partial charge in [-0.25, -0.2) is 0 Å². The zero-order valence-electron chi connectivity index (χ0n) is 14.4. The van der Waals surface area contributed by atoms with Gasteiger partial charge >= 0.3 is 0 Å². The number of rotatable bonds is 4. The van der Waals surface area contributed by atoms with E-state index in [2.05, 4.69) is 15.1 Å². The van der Waals surface area contributed by atoms with Crippen LogP contribution in [0.2, 0.25) is 10.0 Å². The van der Waals surface area contributed by atoms with Gasteiger partial charge in [-0.3, -0.25) is 15.0 Å². The maximum atomic E-state index is 10.9. The number of nitrogens with one attached hydrogen (secondary N) is 1. The molecule has 0 bridgehead atoms. The largest absolute Gasteiger partial charge is 0.346 e. The summed E-state index contributed by atoms with van der Waals surface area (Å²) >= 11 is 17.5. The Morgan fingerprint density at radius 1 is 1.11 bits per heavy atom. The lowest BCUT2D eigenvalue weighted by Gasteiger charge is -2.36. The van der Waals surface area contributed by atoms with E-state index < -0.39 is 4.92 Å². The Morgan fingerprint density at radius 3 is 2.52 bits per heavy atom. The van der Waals surface area contributed by atoms with Gasteiger partial charge in [-0.15, -0.1) is 0 Å². The predicted octanol–water partition coefficient (Wildman–Crippen LogP) is 4.42. The van der Waals surface area contributed by atoms with Crippen LogP contribution in [0, 0.1) is 10.1 Å². The fourth-order valence-corrected chi connectivity index (χ4v) is 3.53. The van der Waals surface area contributed by atoms with Gasteiger partial charge in [0, 0.05) is 50.5 Å². The molecule has 0 aliphatic carbocycles. The lowest BCUT2D eigenvalue weighted by atomic mass is 10.2. The molecule has 9 heteroatoms. The summed E-state index contributed by atoms with van der Waals surface area (Å²) in [4.78, 5) is 14.9. The van der Waals surface area contributed by atoms with Crippen LogP contribution in [0.4, 0.5) is 11.4 Å². The predicted molar refractivity (Wildman–Crippen MR) is 113 cm³/mol. The average molecular weight is 425 g/mol. The highest BCUT2D eigenvalue weighted by Crippen LogP contribution is 2.23. The van der Waals surface area contributed by atoms with Gasteiger partial charge in [0.25, 0.3) is 5.69 Å². The molecule has 0 saturated carbocycles. The van der Waals surface area contributed by atoms with Crippen molar-refractivity contribution < 1.29 is 4.92 Å². The summed E-state index contributed by atoms with van der Waals surface area (Å²) in [5.74, 6) is 0. The summed E-state index contributed by atoms with van der Waals surface area (Å²) in [7, 11) is 0. The van der Waals surface area contributed by atoms with Gasteiger partial charge < -0.3 is 10.2 Å². The second-order valence-corrected chi connectivity index (χ2v) is 7.45. The zero-order valence-corrected chi connectivity index (χ0v) is 16.7.